The van der Waals surface area contributed by atoms with Crippen LogP contribution in [0.2, 0.25) is 15.2 Å². The van der Waals surface area contributed by atoms with Gasteiger partial charge in [-0.05, 0) is 31.4 Å². The van der Waals surface area contributed by atoms with E-state index in [1.807, 2.05) is 4.68 Å². The van der Waals surface area contributed by atoms with Crippen molar-refractivity contribution in [3.05, 3.63) is 37.7 Å². The van der Waals surface area contributed by atoms with E-state index < -0.39 is 0 Å². The summed E-state index contributed by atoms with van der Waals surface area (Å²) in [5, 5.41) is 1.05. The van der Waals surface area contributed by atoms with Crippen molar-refractivity contribution in [2.24, 2.45) is 0 Å². The van der Waals surface area contributed by atoms with E-state index in [0.717, 1.165) is 19.3 Å². The van der Waals surface area contributed by atoms with Gasteiger partial charge in [0, 0.05) is 18.7 Å². The van der Waals surface area contributed by atoms with Gasteiger partial charge in [-0.25, -0.2) is 4.68 Å². The second-order valence-corrected chi connectivity index (χ2v) is 6.71. The Kier molecular flexibility index (Phi) is 5.15. The van der Waals surface area contributed by atoms with Crippen LogP contribution in [0.4, 0.5) is 0 Å². The van der Waals surface area contributed by atoms with Crippen LogP contribution in [0.15, 0.2) is 16.9 Å². The summed E-state index contributed by atoms with van der Waals surface area (Å²) in [6.07, 6.45) is 8.22. The van der Waals surface area contributed by atoms with Gasteiger partial charge in [0.1, 0.15) is 17.5 Å². The Morgan fingerprint density at radius 2 is 1.79 bits per heavy atom. The molecular formula is C17H15Cl3N2O2. The highest BCUT2D eigenvalue weighted by molar-refractivity contribution is 6.38. The van der Waals surface area contributed by atoms with Crippen molar-refractivity contribution in [2.45, 2.75) is 32.4 Å². The highest BCUT2D eigenvalue weighted by Gasteiger charge is 2.24. The minimum atomic E-state index is -0.158. The molecule has 0 spiro atoms. The van der Waals surface area contributed by atoms with E-state index in [1.54, 1.807) is 10.7 Å². The lowest BCUT2D eigenvalue weighted by molar-refractivity contribution is 0.371. The van der Waals surface area contributed by atoms with Crippen LogP contribution in [0.5, 0.6) is 5.75 Å². The maximum atomic E-state index is 12.8. The molecule has 0 amide bonds. The van der Waals surface area contributed by atoms with Crippen molar-refractivity contribution in [1.29, 1.82) is 0 Å². The molecule has 0 saturated carbocycles. The van der Waals surface area contributed by atoms with Crippen molar-refractivity contribution >= 4 is 34.8 Å². The number of rotatable bonds is 3. The van der Waals surface area contributed by atoms with Crippen LogP contribution in [-0.2, 0) is 13.1 Å². The molecule has 1 aromatic carbocycles. The summed E-state index contributed by atoms with van der Waals surface area (Å²) >= 11 is 18.9. The van der Waals surface area contributed by atoms with Gasteiger partial charge in [-0.3, -0.25) is 9.48 Å². The van der Waals surface area contributed by atoms with Crippen LogP contribution >= 0.6 is 34.8 Å². The fourth-order valence-electron chi connectivity index (χ4n) is 2.88. The molecule has 0 atom stereocenters. The average Bonchev–Trinajstić information content (AvgIpc) is 2.74. The number of fused-ring (bicyclic) bond motifs is 1. The molecular weight excluding hydrogens is 371 g/mol. The largest absolute Gasteiger partial charge is 0.479 e. The summed E-state index contributed by atoms with van der Waals surface area (Å²) in [6, 6.07) is 3.15. The molecule has 1 aliphatic rings. The minimum Gasteiger partial charge on any atom is -0.479 e. The number of halogens is 3. The first kappa shape index (κ1) is 17.3. The summed E-state index contributed by atoms with van der Waals surface area (Å²) in [5.41, 5.74) is 0.705. The molecule has 3 rings (SSSR count). The summed E-state index contributed by atoms with van der Waals surface area (Å²) in [4.78, 5) is 12.8. The third kappa shape index (κ3) is 3.04. The van der Waals surface area contributed by atoms with Gasteiger partial charge in [-0.2, -0.15) is 0 Å². The van der Waals surface area contributed by atoms with Crippen LogP contribution < -0.4 is 10.3 Å². The number of ether oxygens (including phenoxy) is 1. The van der Waals surface area contributed by atoms with Gasteiger partial charge < -0.3 is 4.74 Å². The zero-order valence-corrected chi connectivity index (χ0v) is 15.1. The second-order valence-electron chi connectivity index (χ2n) is 5.53. The first-order valence-electron chi connectivity index (χ1n) is 7.59. The summed E-state index contributed by atoms with van der Waals surface area (Å²) in [7, 11) is 0. The molecule has 0 bridgehead atoms. The molecule has 0 saturated heterocycles. The van der Waals surface area contributed by atoms with Gasteiger partial charge in [-0.15, -0.1) is 6.42 Å². The molecule has 126 valence electrons. The molecule has 2 heterocycles. The minimum absolute atomic E-state index is 0.0692. The Morgan fingerprint density at radius 1 is 1.08 bits per heavy atom. The molecule has 0 unspecified atom stereocenters. The summed E-state index contributed by atoms with van der Waals surface area (Å²) in [6.45, 7) is 1.42. The fraction of sp³-hybridized carbons (Fsp3) is 0.353. The quantitative estimate of drug-likeness (QED) is 0.731. The topological polar surface area (TPSA) is 36.2 Å². The van der Waals surface area contributed by atoms with Gasteiger partial charge in [0.15, 0.2) is 0 Å². The van der Waals surface area contributed by atoms with Gasteiger partial charge in [0.2, 0.25) is 0 Å². The van der Waals surface area contributed by atoms with Crippen molar-refractivity contribution in [3.63, 3.8) is 0 Å². The normalized spacial score (nSPS) is 13.9. The molecule has 4 nitrogen and oxygen atoms in total. The first-order valence-corrected chi connectivity index (χ1v) is 8.72. The van der Waals surface area contributed by atoms with E-state index in [1.165, 1.54) is 6.07 Å². The maximum Gasteiger partial charge on any atom is 0.276 e. The van der Waals surface area contributed by atoms with E-state index in [9.17, 15) is 4.79 Å². The average molecular weight is 386 g/mol. The second kappa shape index (κ2) is 7.14. The zero-order chi connectivity index (χ0) is 17.3. The van der Waals surface area contributed by atoms with Crippen molar-refractivity contribution in [1.82, 2.24) is 9.36 Å². The molecule has 2 aromatic rings. The van der Waals surface area contributed by atoms with Gasteiger partial charge >= 0.3 is 0 Å². The van der Waals surface area contributed by atoms with Crippen molar-refractivity contribution < 1.29 is 4.74 Å². The Bertz CT molecular complexity index is 877. The van der Waals surface area contributed by atoms with Crippen LogP contribution in [0, 0.1) is 12.3 Å². The molecule has 0 aliphatic carbocycles. The predicted molar refractivity (Wildman–Crippen MR) is 97.3 cm³/mol. The zero-order valence-electron chi connectivity index (χ0n) is 12.8. The Balaban J connectivity index is 2.16. The molecule has 0 radical (unpaired) electrons. The van der Waals surface area contributed by atoms with E-state index in [4.69, 9.17) is 46.0 Å². The van der Waals surface area contributed by atoms with Gasteiger partial charge in [0.25, 0.3) is 5.56 Å². The van der Waals surface area contributed by atoms with E-state index in [0.29, 0.717) is 45.2 Å². The lowest BCUT2D eigenvalue weighted by Crippen LogP contribution is -2.22. The number of benzene rings is 1. The Morgan fingerprint density at radius 3 is 2.50 bits per heavy atom. The molecule has 24 heavy (non-hydrogen) atoms. The summed E-state index contributed by atoms with van der Waals surface area (Å²) < 4.78 is 8.92. The van der Waals surface area contributed by atoms with E-state index in [-0.39, 0.29) is 12.2 Å². The molecule has 7 heteroatoms. The Hall–Kier alpha value is -1.54. The van der Waals surface area contributed by atoms with Crippen molar-refractivity contribution in [3.8, 4) is 29.2 Å². The number of aromatic nitrogens is 2. The smallest absolute Gasteiger partial charge is 0.276 e. The molecule has 0 fully saturated rings. The lowest BCUT2D eigenvalue weighted by atomic mass is 10.1. The number of hydrogen-bond donors (Lipinski definition) is 0. The highest BCUT2D eigenvalue weighted by Crippen LogP contribution is 2.38. The summed E-state index contributed by atoms with van der Waals surface area (Å²) in [5.74, 6) is 2.75. The van der Waals surface area contributed by atoms with E-state index in [2.05, 4.69) is 5.92 Å². The number of terminal acetylenes is 1. The van der Waals surface area contributed by atoms with Crippen molar-refractivity contribution in [2.75, 3.05) is 6.61 Å². The fourth-order valence-corrected chi connectivity index (χ4v) is 3.77. The molecule has 1 aliphatic heterocycles. The third-order valence-electron chi connectivity index (χ3n) is 4.01. The number of nitrogens with zero attached hydrogens (tertiary/aromatic N) is 2. The van der Waals surface area contributed by atoms with Gasteiger partial charge in [0.05, 0.1) is 15.6 Å². The maximum absolute atomic E-state index is 12.8. The van der Waals surface area contributed by atoms with Crippen LogP contribution in [0.25, 0.3) is 11.1 Å². The van der Waals surface area contributed by atoms with Crippen LogP contribution in [0.3, 0.4) is 0 Å². The molecule has 0 N–H and O–H groups in total. The SMILES string of the molecule is C#CCOc1cc(-c2c(Cl)n3n(c2=O)CCCCC3)c(Cl)cc1Cl. The highest BCUT2D eigenvalue weighted by atomic mass is 35.5. The lowest BCUT2D eigenvalue weighted by Gasteiger charge is -2.09. The van der Waals surface area contributed by atoms with E-state index >= 15 is 0 Å². The third-order valence-corrected chi connectivity index (χ3v) is 5.01. The standard InChI is InChI=1S/C17H15Cl3N2O2/c1-2-8-24-14-9-11(12(18)10-13(14)19)15-16(20)21-6-4-3-5-7-22(21)17(15)23/h1,9-10H,3-8H2. The van der Waals surface area contributed by atoms with Gasteiger partial charge in [-0.1, -0.05) is 40.7 Å². The van der Waals surface area contributed by atoms with Crippen LogP contribution in [0.1, 0.15) is 19.3 Å². The predicted octanol–water partition coefficient (Wildman–Crippen LogP) is 4.47. The Labute approximate surface area is 154 Å². The van der Waals surface area contributed by atoms with Crippen LogP contribution in [-0.4, -0.2) is 16.0 Å². The molecule has 1 aromatic heterocycles. The number of hydrogen-bond acceptors (Lipinski definition) is 2. The first-order chi connectivity index (χ1) is 11.5. The monoisotopic (exact) mass is 384 g/mol.